The molecule has 2 nitrogen and oxygen atoms in total. The molecule has 0 saturated heterocycles. The minimum absolute atomic E-state index is 0.147. The lowest BCUT2D eigenvalue weighted by Gasteiger charge is -2.42. The second-order valence-electron chi connectivity index (χ2n) is 4.20. The smallest absolute Gasteiger partial charge is 0.150 e. The van der Waals surface area contributed by atoms with Crippen molar-refractivity contribution in [2.24, 2.45) is 0 Å². The summed E-state index contributed by atoms with van der Waals surface area (Å²) in [6.45, 7) is 2.16. The summed E-state index contributed by atoms with van der Waals surface area (Å²) in [7, 11) is 0. The van der Waals surface area contributed by atoms with E-state index in [-0.39, 0.29) is 5.54 Å². The molecule has 1 fully saturated rings. The van der Waals surface area contributed by atoms with E-state index in [2.05, 4.69) is 17.2 Å². The van der Waals surface area contributed by atoms with E-state index in [4.69, 9.17) is 34.8 Å². The highest BCUT2D eigenvalue weighted by Crippen LogP contribution is 2.40. The van der Waals surface area contributed by atoms with Gasteiger partial charge in [-0.2, -0.15) is 0 Å². The van der Waals surface area contributed by atoms with E-state index in [1.807, 2.05) is 0 Å². The second kappa shape index (κ2) is 4.59. The maximum atomic E-state index is 6.08. The Kier molecular flexibility index (Phi) is 3.53. The Labute approximate surface area is 110 Å². The summed E-state index contributed by atoms with van der Waals surface area (Å²) in [6.07, 6.45) is 4.62. The molecule has 1 aromatic heterocycles. The van der Waals surface area contributed by atoms with Gasteiger partial charge < -0.3 is 5.32 Å². The van der Waals surface area contributed by atoms with Crippen LogP contribution >= 0.6 is 34.8 Å². The van der Waals surface area contributed by atoms with Gasteiger partial charge in [0, 0.05) is 5.54 Å². The molecule has 1 N–H and O–H groups in total. The minimum atomic E-state index is 0.147. The fourth-order valence-electron chi connectivity index (χ4n) is 1.95. The van der Waals surface area contributed by atoms with Crippen molar-refractivity contribution >= 4 is 40.6 Å². The number of nitrogens with one attached hydrogen (secondary N) is 1. The van der Waals surface area contributed by atoms with E-state index in [1.165, 1.54) is 6.42 Å². The van der Waals surface area contributed by atoms with E-state index in [9.17, 15) is 0 Å². The standard InChI is InChI=1S/C11H13Cl3N2/c1-2-11(4-3-5-11)16-10-8(13)6-7(12)9(14)15-10/h6H,2-5H2,1H3,(H,15,16). The lowest BCUT2D eigenvalue weighted by atomic mass is 9.75. The van der Waals surface area contributed by atoms with Gasteiger partial charge in [0.25, 0.3) is 0 Å². The Morgan fingerprint density at radius 1 is 1.31 bits per heavy atom. The van der Waals surface area contributed by atoms with Gasteiger partial charge in [0.15, 0.2) is 0 Å². The van der Waals surface area contributed by atoms with Gasteiger partial charge in [0.1, 0.15) is 11.0 Å². The zero-order valence-corrected chi connectivity index (χ0v) is 11.3. The molecule has 0 amide bonds. The van der Waals surface area contributed by atoms with Crippen LogP contribution in [0.2, 0.25) is 15.2 Å². The van der Waals surface area contributed by atoms with Crippen LogP contribution in [0.1, 0.15) is 32.6 Å². The number of anilines is 1. The number of aromatic nitrogens is 1. The highest BCUT2D eigenvalue weighted by Gasteiger charge is 2.35. The molecule has 5 heteroatoms. The third kappa shape index (κ3) is 2.24. The van der Waals surface area contributed by atoms with Gasteiger partial charge >= 0.3 is 0 Å². The van der Waals surface area contributed by atoms with E-state index in [0.717, 1.165) is 19.3 Å². The van der Waals surface area contributed by atoms with Gasteiger partial charge in [-0.25, -0.2) is 4.98 Å². The van der Waals surface area contributed by atoms with Crippen LogP contribution in [0.15, 0.2) is 6.07 Å². The highest BCUT2D eigenvalue weighted by molar-refractivity contribution is 6.42. The molecular formula is C11H13Cl3N2. The van der Waals surface area contributed by atoms with E-state index < -0.39 is 0 Å². The summed E-state index contributed by atoms with van der Waals surface area (Å²) in [5.74, 6) is 0.637. The number of rotatable bonds is 3. The summed E-state index contributed by atoms with van der Waals surface area (Å²) < 4.78 is 0. The number of nitrogens with zero attached hydrogens (tertiary/aromatic N) is 1. The number of halogens is 3. The summed E-state index contributed by atoms with van der Waals surface area (Å²) in [4.78, 5) is 4.18. The summed E-state index contributed by atoms with van der Waals surface area (Å²) in [6, 6.07) is 1.63. The molecule has 0 atom stereocenters. The van der Waals surface area contributed by atoms with Gasteiger partial charge in [-0.05, 0) is 31.7 Å². The maximum absolute atomic E-state index is 6.08. The van der Waals surface area contributed by atoms with Gasteiger partial charge in [-0.3, -0.25) is 0 Å². The van der Waals surface area contributed by atoms with Crippen LogP contribution in [0.25, 0.3) is 0 Å². The Bertz CT molecular complexity index is 397. The number of hydrogen-bond donors (Lipinski definition) is 1. The number of pyridine rings is 1. The molecule has 1 aliphatic carbocycles. The third-order valence-corrected chi connectivity index (χ3v) is 4.22. The van der Waals surface area contributed by atoms with Crippen molar-refractivity contribution in [1.82, 2.24) is 4.98 Å². The fraction of sp³-hybridized carbons (Fsp3) is 0.545. The molecule has 0 bridgehead atoms. The molecule has 0 spiro atoms. The Hall–Kier alpha value is -0.180. The fourth-order valence-corrected chi connectivity index (χ4v) is 2.50. The molecule has 1 heterocycles. The van der Waals surface area contributed by atoms with Gasteiger partial charge in [-0.1, -0.05) is 41.7 Å². The molecule has 1 aliphatic rings. The topological polar surface area (TPSA) is 24.9 Å². The lowest BCUT2D eigenvalue weighted by molar-refractivity contribution is 0.269. The molecule has 16 heavy (non-hydrogen) atoms. The first-order valence-electron chi connectivity index (χ1n) is 5.36. The van der Waals surface area contributed by atoms with E-state index in [1.54, 1.807) is 6.07 Å². The first kappa shape index (κ1) is 12.3. The predicted octanol–water partition coefficient (Wildman–Crippen LogP) is 4.79. The molecular weight excluding hydrogens is 266 g/mol. The van der Waals surface area contributed by atoms with Crippen molar-refractivity contribution in [3.05, 3.63) is 21.3 Å². The predicted molar refractivity (Wildman–Crippen MR) is 69.8 cm³/mol. The van der Waals surface area contributed by atoms with Gasteiger partial charge in [0.05, 0.1) is 10.0 Å². The lowest BCUT2D eigenvalue weighted by Crippen LogP contribution is -2.44. The molecule has 88 valence electrons. The molecule has 0 radical (unpaired) electrons. The van der Waals surface area contributed by atoms with Crippen LogP contribution in [0, 0.1) is 0 Å². The van der Waals surface area contributed by atoms with Crippen LogP contribution in [0.5, 0.6) is 0 Å². The summed E-state index contributed by atoms with van der Waals surface area (Å²) in [5, 5.41) is 4.59. The first-order chi connectivity index (χ1) is 7.56. The maximum Gasteiger partial charge on any atom is 0.150 e. The van der Waals surface area contributed by atoms with Crippen LogP contribution in [-0.2, 0) is 0 Å². The second-order valence-corrected chi connectivity index (χ2v) is 5.38. The Balaban J connectivity index is 2.24. The van der Waals surface area contributed by atoms with Crippen molar-refractivity contribution in [3.63, 3.8) is 0 Å². The molecule has 1 saturated carbocycles. The largest absolute Gasteiger partial charge is 0.363 e. The van der Waals surface area contributed by atoms with Crippen LogP contribution < -0.4 is 5.32 Å². The quantitative estimate of drug-likeness (QED) is 0.805. The average molecular weight is 280 g/mol. The molecule has 1 aromatic rings. The minimum Gasteiger partial charge on any atom is -0.363 e. The highest BCUT2D eigenvalue weighted by atomic mass is 35.5. The summed E-state index contributed by atoms with van der Waals surface area (Å²) >= 11 is 17.8. The zero-order chi connectivity index (χ0) is 11.8. The van der Waals surface area contributed by atoms with Gasteiger partial charge in [0.2, 0.25) is 0 Å². The molecule has 2 rings (SSSR count). The van der Waals surface area contributed by atoms with Crippen molar-refractivity contribution < 1.29 is 0 Å². The van der Waals surface area contributed by atoms with Crippen molar-refractivity contribution in [2.75, 3.05) is 5.32 Å². The first-order valence-corrected chi connectivity index (χ1v) is 6.49. The summed E-state index contributed by atoms with van der Waals surface area (Å²) in [5.41, 5.74) is 0.147. The zero-order valence-electron chi connectivity index (χ0n) is 8.99. The van der Waals surface area contributed by atoms with Crippen molar-refractivity contribution in [2.45, 2.75) is 38.1 Å². The van der Waals surface area contributed by atoms with Crippen molar-refractivity contribution in [3.8, 4) is 0 Å². The third-order valence-electron chi connectivity index (χ3n) is 3.26. The molecule has 0 unspecified atom stereocenters. The monoisotopic (exact) mass is 278 g/mol. The SMILES string of the molecule is CCC1(Nc2nc(Cl)c(Cl)cc2Cl)CCC1. The van der Waals surface area contributed by atoms with Crippen LogP contribution in [-0.4, -0.2) is 10.5 Å². The van der Waals surface area contributed by atoms with E-state index >= 15 is 0 Å². The molecule has 0 aliphatic heterocycles. The Morgan fingerprint density at radius 3 is 2.50 bits per heavy atom. The Morgan fingerprint density at radius 2 is 2.00 bits per heavy atom. The average Bonchev–Trinajstić information content (AvgIpc) is 2.19. The van der Waals surface area contributed by atoms with Gasteiger partial charge in [-0.15, -0.1) is 0 Å². The van der Waals surface area contributed by atoms with Crippen LogP contribution in [0.4, 0.5) is 5.82 Å². The van der Waals surface area contributed by atoms with Crippen LogP contribution in [0.3, 0.4) is 0 Å². The number of hydrogen-bond acceptors (Lipinski definition) is 2. The molecule has 0 aromatic carbocycles. The van der Waals surface area contributed by atoms with E-state index in [0.29, 0.717) is 21.0 Å². The van der Waals surface area contributed by atoms with Crippen molar-refractivity contribution in [1.29, 1.82) is 0 Å². The normalized spacial score (nSPS) is 18.0.